The van der Waals surface area contributed by atoms with E-state index in [0.717, 1.165) is 43.1 Å². The van der Waals surface area contributed by atoms with Gasteiger partial charge in [-0.15, -0.1) is 0 Å². The lowest BCUT2D eigenvalue weighted by atomic mass is 10.0. The van der Waals surface area contributed by atoms with Crippen molar-refractivity contribution in [1.82, 2.24) is 14.9 Å². The average molecular weight is 469 g/mol. The number of nitrogens with zero attached hydrogens (tertiary/aromatic N) is 3. The minimum absolute atomic E-state index is 0.0988. The zero-order valence-electron chi connectivity index (χ0n) is 17.8. The van der Waals surface area contributed by atoms with E-state index < -0.39 is 0 Å². The van der Waals surface area contributed by atoms with Crippen molar-refractivity contribution in [2.45, 2.75) is 37.6 Å². The summed E-state index contributed by atoms with van der Waals surface area (Å²) in [5.41, 5.74) is 2.99. The van der Waals surface area contributed by atoms with Crippen molar-refractivity contribution in [3.8, 4) is 5.75 Å². The number of hydrogen-bond donors (Lipinski definition) is 1. The minimum Gasteiger partial charge on any atom is -0.495 e. The lowest BCUT2D eigenvalue weighted by molar-refractivity contribution is 0.0961. The molecule has 1 aromatic carbocycles. The first kappa shape index (κ1) is 21.2. The van der Waals surface area contributed by atoms with Crippen LogP contribution in [-0.4, -0.2) is 34.5 Å². The molecule has 6 nitrogen and oxygen atoms in total. The second-order valence-electron chi connectivity index (χ2n) is 8.04. The number of hydrogen-bond acceptors (Lipinski definition) is 4. The molecule has 2 saturated heterocycles. The maximum atomic E-state index is 6.48. The monoisotopic (exact) mass is 468 g/mol. The molecule has 0 radical (unpaired) electrons. The maximum absolute atomic E-state index is 6.48. The second kappa shape index (κ2) is 9.10. The van der Waals surface area contributed by atoms with Crippen LogP contribution in [0, 0.1) is 0 Å². The summed E-state index contributed by atoms with van der Waals surface area (Å²) in [4.78, 5) is 6.76. The molecule has 3 atom stereocenters. The molecule has 4 heterocycles. The summed E-state index contributed by atoms with van der Waals surface area (Å²) in [6.07, 6.45) is 6.37. The van der Waals surface area contributed by atoms with Crippen molar-refractivity contribution >= 4 is 34.6 Å². The molecule has 0 bridgehead atoms. The van der Waals surface area contributed by atoms with Crippen LogP contribution in [0.25, 0.3) is 0 Å². The number of pyridine rings is 1. The third-order valence-electron chi connectivity index (χ3n) is 6.10. The number of thiocarbonyl (C=S) groups is 1. The molecule has 2 aliphatic heterocycles. The van der Waals surface area contributed by atoms with Gasteiger partial charge >= 0.3 is 0 Å². The van der Waals surface area contributed by atoms with Gasteiger partial charge in [-0.2, -0.15) is 0 Å². The van der Waals surface area contributed by atoms with Gasteiger partial charge in [0, 0.05) is 36.9 Å². The average Bonchev–Trinajstić information content (AvgIpc) is 3.55. The van der Waals surface area contributed by atoms with Crippen molar-refractivity contribution in [2.24, 2.45) is 0 Å². The van der Waals surface area contributed by atoms with Gasteiger partial charge in [0.2, 0.25) is 0 Å². The molecule has 2 aliphatic rings. The molecule has 2 aromatic heterocycles. The Bertz CT molecular complexity index is 1100. The quantitative estimate of drug-likeness (QED) is 0.519. The van der Waals surface area contributed by atoms with Gasteiger partial charge in [-0.1, -0.05) is 17.7 Å². The molecule has 0 amide bonds. The number of methoxy groups -OCH3 is 1. The Hall–Kier alpha value is -2.61. The lowest BCUT2D eigenvalue weighted by Crippen LogP contribution is -2.31. The molecule has 166 valence electrons. The molecule has 0 aliphatic carbocycles. The third kappa shape index (κ3) is 3.96. The first-order valence-electron chi connectivity index (χ1n) is 10.8. The van der Waals surface area contributed by atoms with E-state index in [1.165, 1.54) is 0 Å². The summed E-state index contributed by atoms with van der Waals surface area (Å²) in [5, 5.41) is 4.68. The van der Waals surface area contributed by atoms with E-state index in [9.17, 15) is 0 Å². The zero-order chi connectivity index (χ0) is 22.1. The Balaban J connectivity index is 1.58. The number of halogens is 1. The fourth-order valence-electron chi connectivity index (χ4n) is 4.61. The van der Waals surface area contributed by atoms with Crippen LogP contribution in [0.1, 0.15) is 36.3 Å². The Morgan fingerprint density at radius 1 is 1.25 bits per heavy atom. The summed E-state index contributed by atoms with van der Waals surface area (Å²) in [5.74, 6) is 0.632. The van der Waals surface area contributed by atoms with Gasteiger partial charge in [0.15, 0.2) is 5.11 Å². The normalized spacial score (nSPS) is 22.9. The lowest BCUT2D eigenvalue weighted by Gasteiger charge is -2.29. The second-order valence-corrected chi connectivity index (χ2v) is 8.83. The van der Waals surface area contributed by atoms with Crippen LogP contribution in [0.3, 0.4) is 0 Å². The van der Waals surface area contributed by atoms with E-state index in [-0.39, 0.29) is 18.2 Å². The molecule has 1 N–H and O–H groups in total. The summed E-state index contributed by atoms with van der Waals surface area (Å²) in [6.45, 7) is 1.65. The summed E-state index contributed by atoms with van der Waals surface area (Å²) in [6, 6.07) is 15.7. The molecule has 0 unspecified atom stereocenters. The van der Waals surface area contributed by atoms with Crippen molar-refractivity contribution in [2.75, 3.05) is 18.6 Å². The molecular weight excluding hydrogens is 444 g/mol. The van der Waals surface area contributed by atoms with E-state index >= 15 is 0 Å². The SMILES string of the molecule is COc1ccc(N2C(=S)N[C@H](c3ccccn3)[C@@H]2c2cccn2C[C@@H]2CCCO2)cc1Cl. The summed E-state index contributed by atoms with van der Waals surface area (Å²) >= 11 is 12.3. The fraction of sp³-hybridized carbons (Fsp3) is 0.333. The maximum Gasteiger partial charge on any atom is 0.174 e. The third-order valence-corrected chi connectivity index (χ3v) is 6.71. The van der Waals surface area contributed by atoms with Gasteiger partial charge in [0.1, 0.15) is 11.8 Å². The number of aromatic nitrogens is 2. The first-order valence-corrected chi connectivity index (χ1v) is 11.5. The molecule has 5 rings (SSSR count). The van der Waals surface area contributed by atoms with E-state index in [2.05, 4.69) is 38.1 Å². The van der Waals surface area contributed by atoms with Gasteiger partial charge in [-0.05, 0) is 67.5 Å². The Labute approximate surface area is 198 Å². The highest BCUT2D eigenvalue weighted by atomic mass is 35.5. The van der Waals surface area contributed by atoms with Crippen LogP contribution in [0.5, 0.6) is 5.75 Å². The van der Waals surface area contributed by atoms with Gasteiger partial charge in [0.25, 0.3) is 0 Å². The Kier molecular flexibility index (Phi) is 6.04. The molecule has 2 fully saturated rings. The van der Waals surface area contributed by atoms with Crippen LogP contribution in [0.4, 0.5) is 5.69 Å². The van der Waals surface area contributed by atoms with Gasteiger partial charge in [0.05, 0.1) is 30.0 Å². The Morgan fingerprint density at radius 3 is 2.88 bits per heavy atom. The van der Waals surface area contributed by atoms with Crippen LogP contribution in [0.2, 0.25) is 5.02 Å². The molecule has 32 heavy (non-hydrogen) atoms. The predicted molar refractivity (Wildman–Crippen MR) is 129 cm³/mol. The number of ether oxygens (including phenoxy) is 2. The van der Waals surface area contributed by atoms with Gasteiger partial charge in [-0.3, -0.25) is 4.98 Å². The predicted octanol–water partition coefficient (Wildman–Crippen LogP) is 4.90. The fourth-order valence-corrected chi connectivity index (χ4v) is 5.21. The van der Waals surface area contributed by atoms with Crippen LogP contribution in [0.15, 0.2) is 60.9 Å². The van der Waals surface area contributed by atoms with Crippen molar-refractivity contribution in [3.63, 3.8) is 0 Å². The highest BCUT2D eigenvalue weighted by Crippen LogP contribution is 2.43. The van der Waals surface area contributed by atoms with E-state index in [0.29, 0.717) is 15.9 Å². The smallest absolute Gasteiger partial charge is 0.174 e. The topological polar surface area (TPSA) is 51.5 Å². The minimum atomic E-state index is -0.109. The molecule has 0 spiro atoms. The van der Waals surface area contributed by atoms with Gasteiger partial charge in [-0.25, -0.2) is 0 Å². The molecule has 0 saturated carbocycles. The van der Waals surface area contributed by atoms with E-state index in [1.54, 1.807) is 7.11 Å². The number of anilines is 1. The van der Waals surface area contributed by atoms with Gasteiger partial charge < -0.3 is 24.3 Å². The zero-order valence-corrected chi connectivity index (χ0v) is 19.4. The highest BCUT2D eigenvalue weighted by Gasteiger charge is 2.42. The summed E-state index contributed by atoms with van der Waals surface area (Å²) < 4.78 is 13.5. The van der Waals surface area contributed by atoms with E-state index in [4.69, 9.17) is 33.3 Å². The number of rotatable bonds is 6. The molecular formula is C24H25ClN4O2S. The Morgan fingerprint density at radius 2 is 2.16 bits per heavy atom. The number of nitrogens with one attached hydrogen (secondary N) is 1. The molecule has 3 aromatic rings. The highest BCUT2D eigenvalue weighted by molar-refractivity contribution is 7.80. The van der Waals surface area contributed by atoms with Crippen LogP contribution in [-0.2, 0) is 11.3 Å². The van der Waals surface area contributed by atoms with Crippen molar-refractivity contribution < 1.29 is 9.47 Å². The van der Waals surface area contributed by atoms with Crippen LogP contribution < -0.4 is 15.0 Å². The standard InChI is InChI=1S/C24H25ClN4O2S/c1-30-21-10-9-16(14-18(21)25)29-23(22(27-24(29)32)19-7-2-3-11-26-19)20-8-4-12-28(20)15-17-6-5-13-31-17/h2-4,7-12,14,17,22-23H,5-6,13,15H2,1H3,(H,27,32)/t17-,22+,23-/m0/s1. The summed E-state index contributed by atoms with van der Waals surface area (Å²) in [7, 11) is 1.61. The van der Waals surface area contributed by atoms with Crippen molar-refractivity contribution in [3.05, 3.63) is 77.3 Å². The number of benzene rings is 1. The molecule has 8 heteroatoms. The largest absolute Gasteiger partial charge is 0.495 e. The first-order chi connectivity index (χ1) is 15.7. The van der Waals surface area contributed by atoms with Crippen molar-refractivity contribution in [1.29, 1.82) is 0 Å². The van der Waals surface area contributed by atoms with Crippen LogP contribution >= 0.6 is 23.8 Å². The van der Waals surface area contributed by atoms with E-state index in [1.807, 2.05) is 42.6 Å².